The van der Waals surface area contributed by atoms with Gasteiger partial charge in [-0.1, -0.05) is 12.2 Å². The van der Waals surface area contributed by atoms with Crippen molar-refractivity contribution in [2.75, 3.05) is 19.6 Å². The van der Waals surface area contributed by atoms with Gasteiger partial charge < -0.3 is 15.4 Å². The maximum Gasteiger partial charge on any atom is 0.407 e. The Morgan fingerprint density at radius 3 is 2.40 bits per heavy atom. The molecule has 0 aliphatic carbocycles. The molecule has 2 N–H and O–H groups in total. The minimum Gasteiger partial charge on any atom is -0.444 e. The summed E-state index contributed by atoms with van der Waals surface area (Å²) in [5.41, 5.74) is 0.641. The number of alkyl carbamates (subject to hydrolysis) is 1. The van der Waals surface area contributed by atoms with Gasteiger partial charge in [-0.25, -0.2) is 4.79 Å². The van der Waals surface area contributed by atoms with E-state index in [0.717, 1.165) is 12.1 Å². The van der Waals surface area contributed by atoms with Crippen LogP contribution in [0.25, 0.3) is 0 Å². The molecule has 1 amide bonds. The van der Waals surface area contributed by atoms with E-state index in [1.165, 1.54) is 0 Å². The second kappa shape index (κ2) is 6.45. The summed E-state index contributed by atoms with van der Waals surface area (Å²) >= 11 is 0. The van der Waals surface area contributed by atoms with Crippen molar-refractivity contribution in [3.05, 3.63) is 12.2 Å². The van der Waals surface area contributed by atoms with E-state index in [2.05, 4.69) is 17.2 Å². The van der Waals surface area contributed by atoms with Crippen LogP contribution in [0, 0.1) is 0 Å². The van der Waals surface area contributed by atoms with Gasteiger partial charge in [0.15, 0.2) is 0 Å². The van der Waals surface area contributed by atoms with Gasteiger partial charge in [-0.3, -0.25) is 0 Å². The number of carbonyl (C=O) groups excluding carboxylic acids is 1. The third kappa shape index (κ3) is 10.9. The van der Waals surface area contributed by atoms with Crippen molar-refractivity contribution in [1.82, 2.24) is 10.6 Å². The second-order valence-corrected chi connectivity index (χ2v) is 4.56. The standard InChI is InChI=1S/C11H22N2O2/c1-9(2)8-12-6-7-13-10(14)15-11(3,4)5/h12H,1,6-8H2,2-5H3,(H,13,14). The average molecular weight is 214 g/mol. The minimum atomic E-state index is -0.435. The van der Waals surface area contributed by atoms with Gasteiger partial charge in [0.05, 0.1) is 0 Å². The van der Waals surface area contributed by atoms with Crippen LogP contribution < -0.4 is 10.6 Å². The fourth-order valence-corrected chi connectivity index (χ4v) is 0.869. The van der Waals surface area contributed by atoms with Crippen LogP contribution in [-0.4, -0.2) is 31.3 Å². The van der Waals surface area contributed by atoms with E-state index in [0.29, 0.717) is 13.1 Å². The van der Waals surface area contributed by atoms with Gasteiger partial charge in [0.1, 0.15) is 5.60 Å². The van der Waals surface area contributed by atoms with E-state index in [9.17, 15) is 4.79 Å². The van der Waals surface area contributed by atoms with E-state index < -0.39 is 5.60 Å². The van der Waals surface area contributed by atoms with E-state index in [4.69, 9.17) is 4.74 Å². The summed E-state index contributed by atoms with van der Waals surface area (Å²) < 4.78 is 5.07. The Balaban J connectivity index is 3.44. The maximum atomic E-state index is 11.2. The van der Waals surface area contributed by atoms with Crippen LogP contribution in [0.4, 0.5) is 4.79 Å². The fraction of sp³-hybridized carbons (Fsp3) is 0.727. The molecule has 0 saturated heterocycles. The van der Waals surface area contributed by atoms with E-state index in [1.54, 1.807) is 0 Å². The molecule has 0 saturated carbocycles. The van der Waals surface area contributed by atoms with Crippen molar-refractivity contribution < 1.29 is 9.53 Å². The predicted molar refractivity (Wildman–Crippen MR) is 61.9 cm³/mol. The summed E-state index contributed by atoms with van der Waals surface area (Å²) in [4.78, 5) is 11.2. The Morgan fingerprint density at radius 2 is 1.93 bits per heavy atom. The van der Waals surface area contributed by atoms with Crippen molar-refractivity contribution in [3.63, 3.8) is 0 Å². The molecule has 0 heterocycles. The summed E-state index contributed by atoms with van der Waals surface area (Å²) in [5.74, 6) is 0. The number of carbonyl (C=O) groups is 1. The molecule has 0 atom stereocenters. The summed E-state index contributed by atoms with van der Waals surface area (Å²) in [6, 6.07) is 0. The molecule has 88 valence electrons. The number of rotatable bonds is 5. The molecule has 0 aromatic carbocycles. The predicted octanol–water partition coefficient (Wildman–Crippen LogP) is 1.68. The molecule has 0 aromatic heterocycles. The van der Waals surface area contributed by atoms with Crippen molar-refractivity contribution in [2.45, 2.75) is 33.3 Å². The molecule has 4 heteroatoms. The Hall–Kier alpha value is -1.03. The average Bonchev–Trinajstić information content (AvgIpc) is 1.99. The van der Waals surface area contributed by atoms with Crippen LogP contribution in [0.1, 0.15) is 27.7 Å². The van der Waals surface area contributed by atoms with Crippen molar-refractivity contribution in [3.8, 4) is 0 Å². The molecule has 15 heavy (non-hydrogen) atoms. The molecule has 0 rings (SSSR count). The lowest BCUT2D eigenvalue weighted by molar-refractivity contribution is 0.0528. The lowest BCUT2D eigenvalue weighted by atomic mass is 10.2. The first kappa shape index (κ1) is 14.0. The number of hydrogen-bond donors (Lipinski definition) is 2. The van der Waals surface area contributed by atoms with Gasteiger partial charge in [-0.2, -0.15) is 0 Å². The first-order valence-corrected chi connectivity index (χ1v) is 5.13. The van der Waals surface area contributed by atoms with Gasteiger partial charge in [-0.05, 0) is 27.7 Å². The smallest absolute Gasteiger partial charge is 0.407 e. The molecule has 0 aromatic rings. The summed E-state index contributed by atoms with van der Waals surface area (Å²) in [6.07, 6.45) is -0.375. The number of ether oxygens (including phenoxy) is 1. The maximum absolute atomic E-state index is 11.2. The molecular weight excluding hydrogens is 192 g/mol. The molecular formula is C11H22N2O2. The van der Waals surface area contributed by atoms with Gasteiger partial charge in [0.25, 0.3) is 0 Å². The SMILES string of the molecule is C=C(C)CNCCNC(=O)OC(C)(C)C. The highest BCUT2D eigenvalue weighted by atomic mass is 16.6. The number of amides is 1. The van der Waals surface area contributed by atoms with Crippen molar-refractivity contribution >= 4 is 6.09 Å². The van der Waals surface area contributed by atoms with Crippen LogP contribution in [0.2, 0.25) is 0 Å². The number of hydrogen-bond acceptors (Lipinski definition) is 3. The number of nitrogens with one attached hydrogen (secondary N) is 2. The highest BCUT2D eigenvalue weighted by Gasteiger charge is 2.15. The Kier molecular flexibility index (Phi) is 6.01. The largest absolute Gasteiger partial charge is 0.444 e. The minimum absolute atomic E-state index is 0.375. The monoisotopic (exact) mass is 214 g/mol. The zero-order chi connectivity index (χ0) is 11.9. The van der Waals surface area contributed by atoms with Gasteiger partial charge in [0, 0.05) is 19.6 Å². The summed E-state index contributed by atoms with van der Waals surface area (Å²) in [5, 5.41) is 5.79. The molecule has 0 aliphatic heterocycles. The van der Waals surface area contributed by atoms with Crippen LogP contribution in [0.15, 0.2) is 12.2 Å². The third-order valence-electron chi connectivity index (χ3n) is 1.40. The zero-order valence-corrected chi connectivity index (χ0v) is 10.1. The third-order valence-corrected chi connectivity index (χ3v) is 1.40. The Labute approximate surface area is 92.1 Å². The summed E-state index contributed by atoms with van der Waals surface area (Å²) in [6.45, 7) is 13.3. The van der Waals surface area contributed by atoms with Crippen LogP contribution >= 0.6 is 0 Å². The topological polar surface area (TPSA) is 50.4 Å². The van der Waals surface area contributed by atoms with Crippen LogP contribution in [0.3, 0.4) is 0 Å². The van der Waals surface area contributed by atoms with Gasteiger partial charge >= 0.3 is 6.09 Å². The molecule has 0 fully saturated rings. The van der Waals surface area contributed by atoms with Gasteiger partial charge in [-0.15, -0.1) is 0 Å². The highest BCUT2D eigenvalue weighted by Crippen LogP contribution is 2.05. The molecule has 0 unspecified atom stereocenters. The summed E-state index contributed by atoms with van der Waals surface area (Å²) in [7, 11) is 0. The van der Waals surface area contributed by atoms with E-state index in [1.807, 2.05) is 27.7 Å². The fourth-order valence-electron chi connectivity index (χ4n) is 0.869. The van der Waals surface area contributed by atoms with Crippen LogP contribution in [0.5, 0.6) is 0 Å². The lowest BCUT2D eigenvalue weighted by Gasteiger charge is -2.19. The van der Waals surface area contributed by atoms with Crippen molar-refractivity contribution in [1.29, 1.82) is 0 Å². The first-order valence-electron chi connectivity index (χ1n) is 5.13. The Morgan fingerprint density at radius 1 is 1.33 bits per heavy atom. The zero-order valence-electron chi connectivity index (χ0n) is 10.1. The molecule has 4 nitrogen and oxygen atoms in total. The Bertz CT molecular complexity index is 219. The molecule has 0 aliphatic rings. The van der Waals surface area contributed by atoms with E-state index in [-0.39, 0.29) is 6.09 Å². The normalized spacial score (nSPS) is 10.9. The quantitative estimate of drug-likeness (QED) is 0.541. The highest BCUT2D eigenvalue weighted by molar-refractivity contribution is 5.67. The second-order valence-electron chi connectivity index (χ2n) is 4.56. The molecule has 0 spiro atoms. The van der Waals surface area contributed by atoms with Gasteiger partial charge in [0.2, 0.25) is 0 Å². The van der Waals surface area contributed by atoms with E-state index >= 15 is 0 Å². The lowest BCUT2D eigenvalue weighted by Crippen LogP contribution is -2.36. The van der Waals surface area contributed by atoms with Crippen LogP contribution in [-0.2, 0) is 4.74 Å². The van der Waals surface area contributed by atoms with Crippen molar-refractivity contribution in [2.24, 2.45) is 0 Å². The molecule has 0 radical (unpaired) electrons. The first-order chi connectivity index (χ1) is 6.81. The molecule has 0 bridgehead atoms.